The Morgan fingerprint density at radius 1 is 1.11 bits per heavy atom. The molecule has 0 aliphatic heterocycles. The summed E-state index contributed by atoms with van der Waals surface area (Å²) in [7, 11) is 0. The van der Waals surface area contributed by atoms with Gasteiger partial charge in [0.05, 0.1) is 5.52 Å². The largest absolute Gasteiger partial charge is 0.508 e. The molecule has 0 radical (unpaired) electrons. The summed E-state index contributed by atoms with van der Waals surface area (Å²) in [5.41, 5.74) is 4.57. The number of nitrogens with one attached hydrogen (secondary N) is 1. The highest BCUT2D eigenvalue weighted by atomic mass is 16.3. The lowest BCUT2D eigenvalue weighted by molar-refractivity contribution is 0.471. The SMILES string of the molecule is Cc1cc(-c2nc3nccc(C)c3[nH]2)ccc1O. The van der Waals surface area contributed by atoms with Gasteiger partial charge in [-0.1, -0.05) is 0 Å². The van der Waals surface area contributed by atoms with Gasteiger partial charge in [-0.05, 0) is 49.2 Å². The van der Waals surface area contributed by atoms with E-state index in [0.29, 0.717) is 5.75 Å². The highest BCUT2D eigenvalue weighted by Gasteiger charge is 2.08. The highest BCUT2D eigenvalue weighted by molar-refractivity contribution is 5.78. The van der Waals surface area contributed by atoms with Crippen molar-refractivity contribution >= 4 is 11.2 Å². The van der Waals surface area contributed by atoms with E-state index < -0.39 is 0 Å². The highest BCUT2D eigenvalue weighted by Crippen LogP contribution is 2.25. The number of H-pyrrole nitrogens is 1. The summed E-state index contributed by atoms with van der Waals surface area (Å²) in [6.45, 7) is 3.89. The number of pyridine rings is 1. The van der Waals surface area contributed by atoms with Crippen molar-refractivity contribution < 1.29 is 5.11 Å². The van der Waals surface area contributed by atoms with Crippen LogP contribution in [0, 0.1) is 13.8 Å². The first kappa shape index (κ1) is 10.8. The first-order valence-corrected chi connectivity index (χ1v) is 5.76. The minimum atomic E-state index is 0.296. The quantitative estimate of drug-likeness (QED) is 0.686. The van der Waals surface area contributed by atoms with Crippen molar-refractivity contribution in [1.82, 2.24) is 15.0 Å². The second-order valence-corrected chi connectivity index (χ2v) is 4.41. The van der Waals surface area contributed by atoms with E-state index in [1.165, 1.54) is 0 Å². The van der Waals surface area contributed by atoms with Crippen LogP contribution in [0.1, 0.15) is 11.1 Å². The van der Waals surface area contributed by atoms with Gasteiger partial charge in [0.15, 0.2) is 5.65 Å². The third-order valence-electron chi connectivity index (χ3n) is 3.07. The number of phenolic OH excluding ortho intramolecular Hbond substituents is 1. The van der Waals surface area contributed by atoms with Gasteiger partial charge >= 0.3 is 0 Å². The number of aromatic hydroxyl groups is 1. The number of benzene rings is 1. The van der Waals surface area contributed by atoms with E-state index in [0.717, 1.165) is 33.7 Å². The standard InChI is InChI=1S/C14H13N3O/c1-8-5-6-15-14-12(8)16-13(17-14)10-3-4-11(18)9(2)7-10/h3-7,18H,1-2H3,(H,15,16,17). The molecule has 4 heteroatoms. The molecule has 3 rings (SSSR count). The van der Waals surface area contributed by atoms with Crippen LogP contribution >= 0.6 is 0 Å². The molecule has 4 nitrogen and oxygen atoms in total. The van der Waals surface area contributed by atoms with E-state index in [9.17, 15) is 5.11 Å². The molecule has 2 heterocycles. The maximum atomic E-state index is 9.53. The lowest BCUT2D eigenvalue weighted by atomic mass is 10.1. The predicted molar refractivity (Wildman–Crippen MR) is 70.5 cm³/mol. The maximum Gasteiger partial charge on any atom is 0.178 e. The molecule has 0 aliphatic carbocycles. The normalized spacial score (nSPS) is 11.0. The molecule has 0 saturated carbocycles. The molecule has 3 aromatic rings. The molecule has 18 heavy (non-hydrogen) atoms. The molecule has 0 spiro atoms. The van der Waals surface area contributed by atoms with Crippen LogP contribution in [0.2, 0.25) is 0 Å². The number of hydrogen-bond acceptors (Lipinski definition) is 3. The molecule has 0 saturated heterocycles. The summed E-state index contributed by atoms with van der Waals surface area (Å²) in [5.74, 6) is 1.07. The number of aromatic amines is 1. The van der Waals surface area contributed by atoms with E-state index in [1.54, 1.807) is 12.3 Å². The molecular formula is C14H13N3O. The van der Waals surface area contributed by atoms with Crippen LogP contribution in [0.25, 0.3) is 22.6 Å². The van der Waals surface area contributed by atoms with Crippen molar-refractivity contribution in [2.45, 2.75) is 13.8 Å². The second kappa shape index (κ2) is 3.84. The number of aromatic nitrogens is 3. The van der Waals surface area contributed by atoms with E-state index in [1.807, 2.05) is 32.0 Å². The van der Waals surface area contributed by atoms with Crippen molar-refractivity contribution in [1.29, 1.82) is 0 Å². The Kier molecular flexibility index (Phi) is 2.30. The molecule has 0 amide bonds. The third-order valence-corrected chi connectivity index (χ3v) is 3.07. The average Bonchev–Trinajstić information content (AvgIpc) is 2.78. The Morgan fingerprint density at radius 3 is 2.67 bits per heavy atom. The summed E-state index contributed by atoms with van der Waals surface area (Å²) in [6, 6.07) is 7.38. The second-order valence-electron chi connectivity index (χ2n) is 4.41. The number of nitrogens with zero attached hydrogens (tertiary/aromatic N) is 2. The van der Waals surface area contributed by atoms with Crippen molar-refractivity contribution in [3.8, 4) is 17.1 Å². The Bertz CT molecular complexity index is 731. The number of hydrogen-bond donors (Lipinski definition) is 2. The van der Waals surface area contributed by atoms with Crippen molar-refractivity contribution in [3.63, 3.8) is 0 Å². The number of phenols is 1. The maximum absolute atomic E-state index is 9.53. The topological polar surface area (TPSA) is 61.8 Å². The van der Waals surface area contributed by atoms with Crippen LogP contribution in [-0.2, 0) is 0 Å². The third kappa shape index (κ3) is 1.62. The minimum Gasteiger partial charge on any atom is -0.508 e. The molecular weight excluding hydrogens is 226 g/mol. The van der Waals surface area contributed by atoms with E-state index in [-0.39, 0.29) is 0 Å². The van der Waals surface area contributed by atoms with Gasteiger partial charge in [0.1, 0.15) is 11.6 Å². The molecule has 90 valence electrons. The lowest BCUT2D eigenvalue weighted by Gasteiger charge is -2.00. The molecule has 0 bridgehead atoms. The van der Waals surface area contributed by atoms with Gasteiger partial charge in [-0.15, -0.1) is 0 Å². The van der Waals surface area contributed by atoms with E-state index >= 15 is 0 Å². The molecule has 2 aromatic heterocycles. The van der Waals surface area contributed by atoms with E-state index in [2.05, 4.69) is 15.0 Å². The van der Waals surface area contributed by atoms with Crippen LogP contribution in [-0.4, -0.2) is 20.1 Å². The number of aryl methyl sites for hydroxylation is 2. The summed E-state index contributed by atoms with van der Waals surface area (Å²) < 4.78 is 0. The summed E-state index contributed by atoms with van der Waals surface area (Å²) >= 11 is 0. The van der Waals surface area contributed by atoms with Gasteiger partial charge in [0.25, 0.3) is 0 Å². The van der Waals surface area contributed by atoms with Gasteiger partial charge in [-0.3, -0.25) is 0 Å². The fraction of sp³-hybridized carbons (Fsp3) is 0.143. The molecule has 0 fully saturated rings. The average molecular weight is 239 g/mol. The lowest BCUT2D eigenvalue weighted by Crippen LogP contribution is -1.82. The van der Waals surface area contributed by atoms with Gasteiger partial charge < -0.3 is 10.1 Å². The van der Waals surface area contributed by atoms with Crippen LogP contribution in [0.5, 0.6) is 5.75 Å². The van der Waals surface area contributed by atoms with Crippen molar-refractivity contribution in [2.24, 2.45) is 0 Å². The predicted octanol–water partition coefficient (Wildman–Crippen LogP) is 2.95. The van der Waals surface area contributed by atoms with Gasteiger partial charge in [0.2, 0.25) is 0 Å². The van der Waals surface area contributed by atoms with Crippen LogP contribution in [0.3, 0.4) is 0 Å². The van der Waals surface area contributed by atoms with Gasteiger partial charge in [-0.2, -0.15) is 0 Å². The first-order chi connectivity index (χ1) is 8.65. The Hall–Kier alpha value is -2.36. The number of imidazole rings is 1. The molecule has 0 atom stereocenters. The van der Waals surface area contributed by atoms with Gasteiger partial charge in [-0.25, -0.2) is 9.97 Å². The zero-order valence-corrected chi connectivity index (χ0v) is 10.2. The zero-order chi connectivity index (χ0) is 12.7. The summed E-state index contributed by atoms with van der Waals surface area (Å²) in [5, 5.41) is 9.53. The van der Waals surface area contributed by atoms with Crippen LogP contribution < -0.4 is 0 Å². The zero-order valence-electron chi connectivity index (χ0n) is 10.2. The first-order valence-electron chi connectivity index (χ1n) is 5.76. The monoisotopic (exact) mass is 239 g/mol. The van der Waals surface area contributed by atoms with Crippen LogP contribution in [0.15, 0.2) is 30.5 Å². The van der Waals surface area contributed by atoms with Crippen molar-refractivity contribution in [3.05, 3.63) is 41.6 Å². The molecule has 1 aromatic carbocycles. The number of rotatable bonds is 1. The van der Waals surface area contributed by atoms with Crippen molar-refractivity contribution in [2.75, 3.05) is 0 Å². The van der Waals surface area contributed by atoms with E-state index in [4.69, 9.17) is 0 Å². The Balaban J connectivity index is 2.19. The molecule has 2 N–H and O–H groups in total. The molecule has 0 aliphatic rings. The smallest absolute Gasteiger partial charge is 0.178 e. The Morgan fingerprint density at radius 2 is 1.94 bits per heavy atom. The number of fused-ring (bicyclic) bond motifs is 1. The fourth-order valence-corrected chi connectivity index (χ4v) is 1.97. The van der Waals surface area contributed by atoms with Crippen LogP contribution in [0.4, 0.5) is 0 Å². The fourth-order valence-electron chi connectivity index (χ4n) is 1.97. The summed E-state index contributed by atoms with van der Waals surface area (Å²) in [6.07, 6.45) is 1.75. The Labute approximate surface area is 104 Å². The minimum absolute atomic E-state index is 0.296. The van der Waals surface area contributed by atoms with Gasteiger partial charge in [0, 0.05) is 11.8 Å². The molecule has 0 unspecified atom stereocenters. The summed E-state index contributed by atoms with van der Waals surface area (Å²) in [4.78, 5) is 12.0.